The number of rotatable bonds is 4. The van der Waals surface area contributed by atoms with Gasteiger partial charge in [-0.05, 0) is 6.42 Å². The van der Waals surface area contributed by atoms with E-state index in [9.17, 15) is 9.59 Å². The zero-order valence-electron chi connectivity index (χ0n) is 17.1. The smallest absolute Gasteiger partial charge is 0.270 e. The number of carbonyl (C=O) groups excluding carboxylic acids is 2. The minimum Gasteiger partial charge on any atom is -0.347 e. The lowest BCUT2D eigenvalue weighted by atomic mass is 10.1. The molecule has 1 aliphatic rings. The van der Waals surface area contributed by atoms with E-state index in [1.807, 2.05) is 34.9 Å². The molecule has 9 heteroatoms. The van der Waals surface area contributed by atoms with E-state index in [0.29, 0.717) is 18.1 Å². The highest BCUT2D eigenvalue weighted by atomic mass is 35.5. The highest BCUT2D eigenvalue weighted by molar-refractivity contribution is 6.32. The van der Waals surface area contributed by atoms with Crippen molar-refractivity contribution in [3.8, 4) is 11.3 Å². The summed E-state index contributed by atoms with van der Waals surface area (Å²) in [6.45, 7) is 0.661. The Kier molecular flexibility index (Phi) is 5.34. The lowest BCUT2D eigenvalue weighted by molar-refractivity contribution is 0.0814. The third-order valence-corrected chi connectivity index (χ3v) is 5.67. The number of aromatic nitrogens is 4. The standard InChI is InChI=1S/C21H23ClN6O2/c1-26(2)21(30)15-12-23-27(3)18(15)20(29)24-14-9-10-28-16(11-14)25-17(19(28)22)13-7-5-4-6-8-13/h4-8,12,14H,9-11H2,1-3H3,(H,24,29)/t14-/m1/s1. The van der Waals surface area contributed by atoms with Crippen molar-refractivity contribution in [1.29, 1.82) is 0 Å². The molecule has 156 valence electrons. The zero-order chi connectivity index (χ0) is 21.4. The van der Waals surface area contributed by atoms with Crippen LogP contribution in [0.1, 0.15) is 33.1 Å². The summed E-state index contributed by atoms with van der Waals surface area (Å²) in [4.78, 5) is 31.5. The van der Waals surface area contributed by atoms with Gasteiger partial charge in [-0.15, -0.1) is 0 Å². The van der Waals surface area contributed by atoms with Gasteiger partial charge in [0.25, 0.3) is 11.8 Å². The van der Waals surface area contributed by atoms with Gasteiger partial charge in [0.15, 0.2) is 0 Å². The molecule has 1 atom stereocenters. The highest BCUT2D eigenvalue weighted by Gasteiger charge is 2.29. The maximum atomic E-state index is 13.0. The SMILES string of the molecule is CN(C)C(=O)c1cnn(C)c1C(=O)N[C@@H]1CCn2c(nc(-c3ccccc3)c2Cl)C1. The van der Waals surface area contributed by atoms with Crippen LogP contribution in [0.5, 0.6) is 0 Å². The van der Waals surface area contributed by atoms with E-state index in [2.05, 4.69) is 10.4 Å². The number of hydrogen-bond acceptors (Lipinski definition) is 4. The molecule has 0 saturated carbocycles. The maximum absolute atomic E-state index is 13.0. The molecule has 8 nitrogen and oxygen atoms in total. The number of nitrogens with zero attached hydrogens (tertiary/aromatic N) is 5. The van der Waals surface area contributed by atoms with Crippen LogP contribution in [-0.2, 0) is 20.0 Å². The van der Waals surface area contributed by atoms with Crippen LogP contribution < -0.4 is 5.32 Å². The van der Waals surface area contributed by atoms with Crippen molar-refractivity contribution in [2.24, 2.45) is 7.05 Å². The van der Waals surface area contributed by atoms with Crippen LogP contribution in [0.3, 0.4) is 0 Å². The van der Waals surface area contributed by atoms with Crippen LogP contribution in [0.25, 0.3) is 11.3 Å². The first-order valence-corrected chi connectivity index (χ1v) is 10.1. The molecule has 30 heavy (non-hydrogen) atoms. The van der Waals surface area contributed by atoms with Crippen LogP contribution in [0.15, 0.2) is 36.5 Å². The van der Waals surface area contributed by atoms with Crippen LogP contribution in [0, 0.1) is 0 Å². The zero-order valence-corrected chi connectivity index (χ0v) is 17.8. The summed E-state index contributed by atoms with van der Waals surface area (Å²) >= 11 is 6.58. The summed E-state index contributed by atoms with van der Waals surface area (Å²) in [6, 6.07) is 9.70. The van der Waals surface area contributed by atoms with E-state index >= 15 is 0 Å². The Balaban J connectivity index is 1.54. The summed E-state index contributed by atoms with van der Waals surface area (Å²) in [5.74, 6) is 0.260. The summed E-state index contributed by atoms with van der Waals surface area (Å²) in [6.07, 6.45) is 2.71. The first kappa shape index (κ1) is 20.2. The molecule has 2 amide bonds. The minimum absolute atomic E-state index is 0.107. The Hall–Kier alpha value is -3.13. The van der Waals surface area contributed by atoms with E-state index < -0.39 is 0 Å². The van der Waals surface area contributed by atoms with Crippen molar-refractivity contribution in [3.05, 3.63) is 58.8 Å². The maximum Gasteiger partial charge on any atom is 0.270 e. The molecule has 0 spiro atoms. The number of halogens is 1. The number of fused-ring (bicyclic) bond motifs is 1. The normalized spacial score (nSPS) is 15.5. The highest BCUT2D eigenvalue weighted by Crippen LogP contribution is 2.31. The average molecular weight is 427 g/mol. The third-order valence-electron chi connectivity index (χ3n) is 5.29. The summed E-state index contributed by atoms with van der Waals surface area (Å²) in [7, 11) is 4.94. The lowest BCUT2D eigenvalue weighted by Gasteiger charge is -2.25. The summed E-state index contributed by atoms with van der Waals surface area (Å²) in [5.41, 5.74) is 2.26. The predicted octanol–water partition coefficient (Wildman–Crippen LogP) is 2.38. The first-order chi connectivity index (χ1) is 14.4. The second-order valence-electron chi connectivity index (χ2n) is 7.58. The van der Waals surface area contributed by atoms with Crippen molar-refractivity contribution in [2.45, 2.75) is 25.4 Å². The Labute approximate surface area is 179 Å². The van der Waals surface area contributed by atoms with Gasteiger partial charge in [0.1, 0.15) is 22.4 Å². The molecule has 1 aromatic carbocycles. The van der Waals surface area contributed by atoms with E-state index in [1.54, 1.807) is 21.1 Å². The summed E-state index contributed by atoms with van der Waals surface area (Å²) in [5, 5.41) is 7.75. The third kappa shape index (κ3) is 3.59. The van der Waals surface area contributed by atoms with Gasteiger partial charge < -0.3 is 14.8 Å². The van der Waals surface area contributed by atoms with Gasteiger partial charge in [-0.2, -0.15) is 5.10 Å². The molecule has 0 unspecified atom stereocenters. The Morgan fingerprint density at radius 2 is 1.97 bits per heavy atom. The Bertz CT molecular complexity index is 1100. The van der Waals surface area contributed by atoms with E-state index in [-0.39, 0.29) is 29.1 Å². The lowest BCUT2D eigenvalue weighted by Crippen LogP contribution is -2.41. The number of benzene rings is 1. The fraction of sp³-hybridized carbons (Fsp3) is 0.333. The van der Waals surface area contributed by atoms with Gasteiger partial charge in [-0.3, -0.25) is 14.3 Å². The Morgan fingerprint density at radius 3 is 2.67 bits per heavy atom. The van der Waals surface area contributed by atoms with Gasteiger partial charge in [0.2, 0.25) is 0 Å². The van der Waals surface area contributed by atoms with Crippen molar-refractivity contribution >= 4 is 23.4 Å². The van der Waals surface area contributed by atoms with Crippen LogP contribution in [-0.4, -0.2) is 56.2 Å². The predicted molar refractivity (Wildman–Crippen MR) is 113 cm³/mol. The first-order valence-electron chi connectivity index (χ1n) is 9.71. The topological polar surface area (TPSA) is 85.0 Å². The number of nitrogens with one attached hydrogen (secondary N) is 1. The van der Waals surface area contributed by atoms with E-state index in [0.717, 1.165) is 23.5 Å². The number of amides is 2. The van der Waals surface area contributed by atoms with Crippen LogP contribution >= 0.6 is 11.6 Å². The molecule has 0 radical (unpaired) electrons. The molecule has 0 bridgehead atoms. The average Bonchev–Trinajstić information content (AvgIpc) is 3.28. The molecule has 1 aliphatic heterocycles. The van der Waals surface area contributed by atoms with Gasteiger partial charge in [0, 0.05) is 45.7 Å². The molecule has 0 aliphatic carbocycles. The van der Waals surface area contributed by atoms with Crippen molar-refractivity contribution in [2.75, 3.05) is 14.1 Å². The summed E-state index contributed by atoms with van der Waals surface area (Å²) < 4.78 is 3.43. The molecule has 0 saturated heterocycles. The molecule has 4 rings (SSSR count). The molecule has 3 heterocycles. The minimum atomic E-state index is -0.320. The van der Waals surface area contributed by atoms with Crippen molar-refractivity contribution in [1.82, 2.24) is 29.5 Å². The Morgan fingerprint density at radius 1 is 1.23 bits per heavy atom. The molecular formula is C21H23ClN6O2. The van der Waals surface area contributed by atoms with Gasteiger partial charge in [0.05, 0.1) is 11.8 Å². The van der Waals surface area contributed by atoms with Crippen molar-refractivity contribution < 1.29 is 9.59 Å². The number of imidazole rings is 1. The van der Waals surface area contributed by atoms with Gasteiger partial charge in [-0.1, -0.05) is 41.9 Å². The second kappa shape index (κ2) is 7.95. The number of hydrogen-bond donors (Lipinski definition) is 1. The molecule has 3 aromatic rings. The van der Waals surface area contributed by atoms with Gasteiger partial charge in [-0.25, -0.2) is 4.98 Å². The van der Waals surface area contributed by atoms with Gasteiger partial charge >= 0.3 is 0 Å². The fourth-order valence-corrected chi connectivity index (χ4v) is 4.06. The fourth-order valence-electron chi connectivity index (χ4n) is 3.73. The quantitative estimate of drug-likeness (QED) is 0.694. The molecule has 2 aromatic heterocycles. The number of carbonyl (C=O) groups is 2. The van der Waals surface area contributed by atoms with E-state index in [4.69, 9.17) is 16.6 Å². The molecule has 0 fully saturated rings. The van der Waals surface area contributed by atoms with Crippen LogP contribution in [0.4, 0.5) is 0 Å². The van der Waals surface area contributed by atoms with Crippen LogP contribution in [0.2, 0.25) is 5.15 Å². The largest absolute Gasteiger partial charge is 0.347 e. The second-order valence-corrected chi connectivity index (χ2v) is 7.94. The van der Waals surface area contributed by atoms with Crippen molar-refractivity contribution in [3.63, 3.8) is 0 Å². The van der Waals surface area contributed by atoms with E-state index in [1.165, 1.54) is 15.8 Å². The molecular weight excluding hydrogens is 404 g/mol. The molecule has 1 N–H and O–H groups in total. The number of aryl methyl sites for hydroxylation is 1. The monoisotopic (exact) mass is 426 g/mol.